The fourth-order valence-electron chi connectivity index (χ4n) is 2.63. The Kier molecular flexibility index (Phi) is 5.73. The van der Waals surface area contributed by atoms with Crippen LogP contribution in [0.25, 0.3) is 0 Å². The molecule has 3 aromatic rings. The van der Waals surface area contributed by atoms with E-state index < -0.39 is 0 Å². The van der Waals surface area contributed by atoms with E-state index in [9.17, 15) is 4.79 Å². The van der Waals surface area contributed by atoms with Crippen LogP contribution in [0.3, 0.4) is 0 Å². The highest BCUT2D eigenvalue weighted by atomic mass is 16.5. The van der Waals surface area contributed by atoms with Crippen LogP contribution in [0.15, 0.2) is 65.5 Å². The molecule has 1 unspecified atom stereocenters. The molecule has 1 atom stereocenters. The first-order valence-electron chi connectivity index (χ1n) is 8.65. The van der Waals surface area contributed by atoms with E-state index >= 15 is 0 Å². The number of nitrogens with zero attached hydrogens (tertiary/aromatic N) is 2. The number of carbonyl (C=O) groups excluding carboxylic acids is 1. The number of ether oxygens (including phenoxy) is 1. The monoisotopic (exact) mass is 353 g/mol. The molecule has 0 bridgehead atoms. The molecule has 0 fully saturated rings. The lowest BCUT2D eigenvalue weighted by molar-refractivity contribution is -0.123. The van der Waals surface area contributed by atoms with Crippen LogP contribution in [0, 0.1) is 0 Å². The molecular formula is C20H23N3O3. The van der Waals surface area contributed by atoms with E-state index in [0.717, 1.165) is 5.76 Å². The number of hydrogen-bond acceptors (Lipinski definition) is 4. The Morgan fingerprint density at radius 2 is 2.04 bits per heavy atom. The predicted molar refractivity (Wildman–Crippen MR) is 98.1 cm³/mol. The highest BCUT2D eigenvalue weighted by Gasteiger charge is 2.18. The van der Waals surface area contributed by atoms with Crippen LogP contribution < -0.4 is 10.1 Å². The Labute approximate surface area is 152 Å². The van der Waals surface area contributed by atoms with E-state index in [2.05, 4.69) is 24.3 Å². The van der Waals surface area contributed by atoms with E-state index in [4.69, 9.17) is 9.15 Å². The van der Waals surface area contributed by atoms with Crippen molar-refractivity contribution in [3.05, 3.63) is 72.4 Å². The molecule has 1 N–H and O–H groups in total. The van der Waals surface area contributed by atoms with E-state index in [1.807, 2.05) is 48.7 Å². The maximum atomic E-state index is 12.1. The summed E-state index contributed by atoms with van der Waals surface area (Å²) in [5.41, 5.74) is 1.24. The third kappa shape index (κ3) is 4.53. The fraction of sp³-hybridized carbons (Fsp3) is 0.300. The van der Waals surface area contributed by atoms with Crippen molar-refractivity contribution in [2.45, 2.75) is 25.8 Å². The molecule has 1 amide bonds. The molecule has 0 aliphatic carbocycles. The molecule has 0 saturated carbocycles. The molecule has 0 aliphatic rings. The average Bonchev–Trinajstić information content (AvgIpc) is 3.35. The minimum Gasteiger partial charge on any atom is -0.484 e. The van der Waals surface area contributed by atoms with Gasteiger partial charge in [0.05, 0.1) is 6.26 Å². The van der Waals surface area contributed by atoms with Gasteiger partial charge in [-0.25, -0.2) is 0 Å². The van der Waals surface area contributed by atoms with Crippen molar-refractivity contribution in [2.75, 3.05) is 13.2 Å². The summed E-state index contributed by atoms with van der Waals surface area (Å²) in [6.45, 7) is 4.60. The van der Waals surface area contributed by atoms with Gasteiger partial charge in [0.25, 0.3) is 5.91 Å². The van der Waals surface area contributed by atoms with Gasteiger partial charge >= 0.3 is 0 Å². The molecule has 2 aromatic heterocycles. The summed E-state index contributed by atoms with van der Waals surface area (Å²) in [7, 11) is 0. The van der Waals surface area contributed by atoms with Crippen molar-refractivity contribution in [1.29, 1.82) is 0 Å². The molecule has 3 rings (SSSR count). The second-order valence-corrected chi connectivity index (χ2v) is 6.33. The van der Waals surface area contributed by atoms with Gasteiger partial charge in [-0.2, -0.15) is 5.10 Å². The lowest BCUT2D eigenvalue weighted by Crippen LogP contribution is -2.34. The van der Waals surface area contributed by atoms with Crippen LogP contribution in [0.4, 0.5) is 0 Å². The first-order valence-corrected chi connectivity index (χ1v) is 8.65. The maximum absolute atomic E-state index is 12.1. The molecular weight excluding hydrogens is 330 g/mol. The number of aromatic nitrogens is 2. The molecule has 136 valence electrons. The number of hydrogen-bond donors (Lipinski definition) is 1. The number of carbonyl (C=O) groups is 1. The summed E-state index contributed by atoms with van der Waals surface area (Å²) in [6, 6.07) is 13.1. The summed E-state index contributed by atoms with van der Waals surface area (Å²) in [6.07, 6.45) is 5.14. The topological polar surface area (TPSA) is 69.3 Å². The summed E-state index contributed by atoms with van der Waals surface area (Å²) < 4.78 is 12.8. The second kappa shape index (κ2) is 8.38. The zero-order valence-corrected chi connectivity index (χ0v) is 15.0. The predicted octanol–water partition coefficient (Wildman–Crippen LogP) is 3.38. The van der Waals surface area contributed by atoms with Crippen molar-refractivity contribution in [1.82, 2.24) is 15.1 Å². The Hall–Kier alpha value is -3.02. The number of benzene rings is 1. The van der Waals surface area contributed by atoms with Crippen LogP contribution in [-0.4, -0.2) is 28.8 Å². The van der Waals surface area contributed by atoms with Gasteiger partial charge in [0.2, 0.25) is 0 Å². The highest BCUT2D eigenvalue weighted by Crippen LogP contribution is 2.19. The zero-order valence-electron chi connectivity index (χ0n) is 15.0. The van der Waals surface area contributed by atoms with Gasteiger partial charge in [-0.3, -0.25) is 9.48 Å². The van der Waals surface area contributed by atoms with Gasteiger partial charge in [-0.15, -0.1) is 0 Å². The third-order valence-corrected chi connectivity index (χ3v) is 4.13. The molecule has 0 radical (unpaired) electrons. The van der Waals surface area contributed by atoms with Gasteiger partial charge in [0.1, 0.15) is 17.6 Å². The lowest BCUT2D eigenvalue weighted by atomic mass is 10.0. The van der Waals surface area contributed by atoms with Crippen LogP contribution in [0.2, 0.25) is 0 Å². The SMILES string of the molecule is CC(C)c1ccc(OCC(=O)NCC(c2ccco2)n2cccn2)cc1. The van der Waals surface area contributed by atoms with Gasteiger partial charge in [-0.1, -0.05) is 26.0 Å². The van der Waals surface area contributed by atoms with Crippen LogP contribution in [0.5, 0.6) is 5.75 Å². The third-order valence-electron chi connectivity index (χ3n) is 4.13. The van der Waals surface area contributed by atoms with E-state index in [1.165, 1.54) is 5.56 Å². The van der Waals surface area contributed by atoms with E-state index in [1.54, 1.807) is 17.1 Å². The van der Waals surface area contributed by atoms with Gasteiger partial charge < -0.3 is 14.5 Å². The molecule has 0 saturated heterocycles. The number of nitrogens with one attached hydrogen (secondary N) is 1. The molecule has 1 aromatic carbocycles. The Balaban J connectivity index is 1.52. The quantitative estimate of drug-likeness (QED) is 0.674. The van der Waals surface area contributed by atoms with Crippen molar-refractivity contribution in [2.24, 2.45) is 0 Å². The Morgan fingerprint density at radius 3 is 2.65 bits per heavy atom. The van der Waals surface area contributed by atoms with E-state index in [0.29, 0.717) is 18.2 Å². The van der Waals surface area contributed by atoms with Crippen LogP contribution >= 0.6 is 0 Å². The van der Waals surface area contributed by atoms with Crippen molar-refractivity contribution in [3.63, 3.8) is 0 Å². The van der Waals surface area contributed by atoms with Crippen LogP contribution in [-0.2, 0) is 4.79 Å². The first-order chi connectivity index (χ1) is 12.6. The summed E-state index contributed by atoms with van der Waals surface area (Å²) in [5.74, 6) is 1.69. The smallest absolute Gasteiger partial charge is 0.258 e. The molecule has 2 heterocycles. The largest absolute Gasteiger partial charge is 0.484 e. The van der Waals surface area contributed by atoms with Gasteiger partial charge in [-0.05, 0) is 41.8 Å². The average molecular weight is 353 g/mol. The maximum Gasteiger partial charge on any atom is 0.258 e. The normalized spacial score (nSPS) is 12.1. The summed E-state index contributed by atoms with van der Waals surface area (Å²) in [5, 5.41) is 7.11. The Bertz CT molecular complexity index is 759. The summed E-state index contributed by atoms with van der Waals surface area (Å²) >= 11 is 0. The minimum atomic E-state index is -0.200. The molecule has 0 aliphatic heterocycles. The van der Waals surface area contributed by atoms with Crippen molar-refractivity contribution in [3.8, 4) is 5.75 Å². The number of rotatable bonds is 8. The van der Waals surface area contributed by atoms with Crippen molar-refractivity contribution < 1.29 is 13.9 Å². The minimum absolute atomic E-state index is 0.0367. The van der Waals surface area contributed by atoms with E-state index in [-0.39, 0.29) is 18.6 Å². The van der Waals surface area contributed by atoms with Gasteiger partial charge in [0, 0.05) is 18.9 Å². The number of furan rings is 1. The number of amides is 1. The van der Waals surface area contributed by atoms with Crippen LogP contribution in [0.1, 0.15) is 37.1 Å². The summed E-state index contributed by atoms with van der Waals surface area (Å²) in [4.78, 5) is 12.1. The fourth-order valence-corrected chi connectivity index (χ4v) is 2.63. The van der Waals surface area contributed by atoms with Gasteiger partial charge in [0.15, 0.2) is 6.61 Å². The Morgan fingerprint density at radius 1 is 1.23 bits per heavy atom. The highest BCUT2D eigenvalue weighted by molar-refractivity contribution is 5.77. The second-order valence-electron chi connectivity index (χ2n) is 6.33. The van der Waals surface area contributed by atoms with Crippen molar-refractivity contribution >= 4 is 5.91 Å². The first kappa shape index (κ1) is 17.8. The standard InChI is InChI=1S/C20H23N3O3/c1-15(2)16-6-8-17(9-7-16)26-14-20(24)21-13-18(19-5-3-12-25-19)23-11-4-10-22-23/h3-12,15,18H,13-14H2,1-2H3,(H,21,24). The molecule has 26 heavy (non-hydrogen) atoms. The molecule has 6 nitrogen and oxygen atoms in total. The molecule has 6 heteroatoms. The zero-order chi connectivity index (χ0) is 18.4. The molecule has 0 spiro atoms. The lowest BCUT2D eigenvalue weighted by Gasteiger charge is -2.16.